The molecule has 0 spiro atoms. The molecule has 0 saturated heterocycles. The average molecular weight is 594 g/mol. The molecule has 238 valence electrons. The Bertz CT molecular complexity index is 465. The normalized spacial score (nSPS) is 12.2. The van der Waals surface area contributed by atoms with E-state index in [1.807, 2.05) is 20.8 Å². The van der Waals surface area contributed by atoms with E-state index in [9.17, 15) is 0 Å². The molecule has 0 fully saturated rings. The Kier molecular flexibility index (Phi) is 31.7. The highest BCUT2D eigenvalue weighted by atomic mass is 35.5. The van der Waals surface area contributed by atoms with E-state index in [1.54, 1.807) is 0 Å². The Morgan fingerprint density at radius 1 is 0.410 bits per heavy atom. The van der Waals surface area contributed by atoms with Crippen LogP contribution in [0.4, 0.5) is 0 Å². The molecule has 0 unspecified atom stereocenters. The lowest BCUT2D eigenvalue weighted by Crippen LogP contribution is -3.00. The third-order valence-corrected chi connectivity index (χ3v) is 11.1. The molecule has 4 nitrogen and oxygen atoms in total. The summed E-state index contributed by atoms with van der Waals surface area (Å²) in [6.07, 6.45) is 30.0. The summed E-state index contributed by atoms with van der Waals surface area (Å²) in [5.41, 5.74) is 0. The summed E-state index contributed by atoms with van der Waals surface area (Å²) < 4.78 is 19.1. The van der Waals surface area contributed by atoms with Crippen LogP contribution >= 0.6 is 0 Å². The van der Waals surface area contributed by atoms with Crippen LogP contribution in [-0.4, -0.2) is 60.3 Å². The summed E-state index contributed by atoms with van der Waals surface area (Å²) in [5.74, 6) is 0. The summed E-state index contributed by atoms with van der Waals surface area (Å²) in [4.78, 5) is 0. The highest BCUT2D eigenvalue weighted by Crippen LogP contribution is 2.20. The lowest BCUT2D eigenvalue weighted by atomic mass is 10.0. The second-order valence-electron chi connectivity index (χ2n) is 12.2. The summed E-state index contributed by atoms with van der Waals surface area (Å²) in [6.45, 7) is 12.9. The first-order chi connectivity index (χ1) is 18.4. The number of halogens is 1. The number of quaternary nitrogens is 1. The van der Waals surface area contributed by atoms with Crippen LogP contribution in [-0.2, 0) is 13.3 Å². The molecular formula is C33H72ClNO3Si. The van der Waals surface area contributed by atoms with Gasteiger partial charge in [-0.05, 0) is 33.6 Å². The molecule has 0 aliphatic rings. The predicted octanol–water partition coefficient (Wildman–Crippen LogP) is 7.33. The van der Waals surface area contributed by atoms with Gasteiger partial charge in [0.25, 0.3) is 0 Å². The molecule has 0 aromatic heterocycles. The Hall–Kier alpha value is 0.347. The highest BCUT2D eigenvalue weighted by Gasteiger charge is 2.40. The first kappa shape index (κ1) is 41.5. The Labute approximate surface area is 254 Å². The van der Waals surface area contributed by atoms with Crippen LogP contribution in [0.15, 0.2) is 0 Å². The molecule has 6 heteroatoms. The predicted molar refractivity (Wildman–Crippen MR) is 170 cm³/mol. The minimum Gasteiger partial charge on any atom is -1.00 e. The third kappa shape index (κ3) is 27.0. The summed E-state index contributed by atoms with van der Waals surface area (Å²) >= 11 is 0. The quantitative estimate of drug-likeness (QED) is 0.0478. The van der Waals surface area contributed by atoms with Crippen molar-refractivity contribution in [3.63, 3.8) is 0 Å². The van der Waals surface area contributed by atoms with Crippen LogP contribution in [0, 0.1) is 0 Å². The molecule has 0 aliphatic heterocycles. The molecule has 0 heterocycles. The van der Waals surface area contributed by atoms with Crippen LogP contribution in [0.25, 0.3) is 0 Å². The Balaban J connectivity index is 0. The minimum absolute atomic E-state index is 0. The van der Waals surface area contributed by atoms with Crippen molar-refractivity contribution >= 4 is 8.80 Å². The van der Waals surface area contributed by atoms with Gasteiger partial charge < -0.3 is 30.2 Å². The van der Waals surface area contributed by atoms with Gasteiger partial charge in [-0.2, -0.15) is 0 Å². The van der Waals surface area contributed by atoms with E-state index >= 15 is 0 Å². The van der Waals surface area contributed by atoms with Crippen molar-refractivity contribution < 1.29 is 30.2 Å². The second kappa shape index (κ2) is 29.8. The van der Waals surface area contributed by atoms with Crippen molar-refractivity contribution in [2.45, 2.75) is 169 Å². The molecule has 0 saturated carbocycles. The molecule has 0 bridgehead atoms. The van der Waals surface area contributed by atoms with Gasteiger partial charge in [0, 0.05) is 32.3 Å². The minimum atomic E-state index is -2.49. The van der Waals surface area contributed by atoms with Crippen molar-refractivity contribution in [3.05, 3.63) is 0 Å². The Morgan fingerprint density at radius 3 is 1.00 bits per heavy atom. The fourth-order valence-corrected chi connectivity index (χ4v) is 8.23. The van der Waals surface area contributed by atoms with Gasteiger partial charge in [-0.25, -0.2) is 0 Å². The van der Waals surface area contributed by atoms with Gasteiger partial charge >= 0.3 is 8.80 Å². The molecule has 0 atom stereocenters. The van der Waals surface area contributed by atoms with E-state index in [0.717, 1.165) is 16.9 Å². The standard InChI is InChI=1S/C33H72NO3Si.ClH/c1-7-11-12-13-14-15-16-17-18-19-20-21-22-23-24-25-26-27-28-29-31-34(5,6)32-30-33-38(35-8-2,36-9-3)37-10-4;/h7-33H2,1-6H3;1H/q+1;/p-1. The molecule has 0 N–H and O–H groups in total. The SMILES string of the molecule is CCCCCCCCCCCCCCCCCCCCCC[N+](C)(C)CCC[Si](OCC)(OCC)OCC.[Cl-]. The molecule has 0 rings (SSSR count). The van der Waals surface area contributed by atoms with Crippen LogP contribution in [0.2, 0.25) is 6.04 Å². The van der Waals surface area contributed by atoms with E-state index in [1.165, 1.54) is 142 Å². The molecule has 0 amide bonds. The summed E-state index contributed by atoms with van der Waals surface area (Å²) in [5, 5.41) is 0. The molecule has 0 aromatic carbocycles. The van der Waals surface area contributed by atoms with Crippen molar-refractivity contribution in [1.82, 2.24) is 0 Å². The van der Waals surface area contributed by atoms with Crippen LogP contribution in [0.3, 0.4) is 0 Å². The van der Waals surface area contributed by atoms with Gasteiger partial charge in [0.15, 0.2) is 0 Å². The Morgan fingerprint density at radius 2 is 0.692 bits per heavy atom. The zero-order chi connectivity index (χ0) is 28.2. The zero-order valence-electron chi connectivity index (χ0n) is 27.6. The fourth-order valence-electron chi connectivity index (χ4n) is 5.63. The van der Waals surface area contributed by atoms with Gasteiger partial charge in [-0.15, -0.1) is 0 Å². The van der Waals surface area contributed by atoms with Gasteiger partial charge in [-0.1, -0.05) is 122 Å². The number of hydrogen-bond acceptors (Lipinski definition) is 3. The summed E-state index contributed by atoms with van der Waals surface area (Å²) in [6, 6.07) is 0.934. The molecule has 0 aromatic rings. The van der Waals surface area contributed by atoms with E-state index in [0.29, 0.717) is 19.8 Å². The fraction of sp³-hybridized carbons (Fsp3) is 1.00. The largest absolute Gasteiger partial charge is 1.00 e. The maximum atomic E-state index is 6.02. The van der Waals surface area contributed by atoms with E-state index in [2.05, 4.69) is 21.0 Å². The topological polar surface area (TPSA) is 27.7 Å². The van der Waals surface area contributed by atoms with Crippen LogP contribution in [0.5, 0.6) is 0 Å². The zero-order valence-corrected chi connectivity index (χ0v) is 29.4. The lowest BCUT2D eigenvalue weighted by molar-refractivity contribution is -0.890. The average Bonchev–Trinajstić information content (AvgIpc) is 2.88. The van der Waals surface area contributed by atoms with E-state index in [4.69, 9.17) is 13.3 Å². The smallest absolute Gasteiger partial charge is 0.501 e. The van der Waals surface area contributed by atoms with Crippen LogP contribution in [0.1, 0.15) is 163 Å². The number of unbranched alkanes of at least 4 members (excludes halogenated alkanes) is 19. The molecule has 39 heavy (non-hydrogen) atoms. The van der Waals surface area contributed by atoms with E-state index < -0.39 is 8.80 Å². The maximum absolute atomic E-state index is 6.02. The third-order valence-electron chi connectivity index (χ3n) is 7.96. The molecule has 0 radical (unpaired) electrons. The van der Waals surface area contributed by atoms with Gasteiger partial charge in [0.1, 0.15) is 0 Å². The number of nitrogens with zero attached hydrogens (tertiary/aromatic N) is 1. The monoisotopic (exact) mass is 593 g/mol. The lowest BCUT2D eigenvalue weighted by Gasteiger charge is -2.32. The highest BCUT2D eigenvalue weighted by molar-refractivity contribution is 6.60. The summed E-state index contributed by atoms with van der Waals surface area (Å²) in [7, 11) is 2.27. The van der Waals surface area contributed by atoms with Gasteiger partial charge in [-0.3, -0.25) is 0 Å². The van der Waals surface area contributed by atoms with Crippen molar-refractivity contribution in [1.29, 1.82) is 0 Å². The van der Waals surface area contributed by atoms with E-state index in [-0.39, 0.29) is 12.4 Å². The number of rotatable bonds is 31. The van der Waals surface area contributed by atoms with Crippen molar-refractivity contribution in [2.75, 3.05) is 47.0 Å². The second-order valence-corrected chi connectivity index (χ2v) is 14.9. The van der Waals surface area contributed by atoms with Crippen molar-refractivity contribution in [2.24, 2.45) is 0 Å². The van der Waals surface area contributed by atoms with Crippen molar-refractivity contribution in [3.8, 4) is 0 Å². The number of hydrogen-bond donors (Lipinski definition) is 0. The first-order valence-electron chi connectivity index (χ1n) is 17.2. The maximum Gasteiger partial charge on any atom is 0.501 e. The molecule has 0 aliphatic carbocycles. The molecular weight excluding hydrogens is 522 g/mol. The van der Waals surface area contributed by atoms with Gasteiger partial charge in [0.2, 0.25) is 0 Å². The first-order valence-corrected chi connectivity index (χ1v) is 19.1. The van der Waals surface area contributed by atoms with Crippen LogP contribution < -0.4 is 12.4 Å². The van der Waals surface area contributed by atoms with Gasteiger partial charge in [0.05, 0.1) is 27.2 Å².